The van der Waals surface area contributed by atoms with Crippen molar-refractivity contribution in [1.82, 2.24) is 0 Å². The van der Waals surface area contributed by atoms with E-state index in [9.17, 15) is 18.0 Å². The fourth-order valence-electron chi connectivity index (χ4n) is 1.78. The molecule has 1 aromatic carbocycles. The van der Waals surface area contributed by atoms with E-state index in [1.165, 1.54) is 39.2 Å². The van der Waals surface area contributed by atoms with Crippen molar-refractivity contribution in [2.75, 3.05) is 12.4 Å². The zero-order valence-corrected chi connectivity index (χ0v) is 11.5. The lowest BCUT2D eigenvalue weighted by molar-refractivity contribution is -0.118. The number of nitrogens with one attached hydrogen (secondary N) is 1. The summed E-state index contributed by atoms with van der Waals surface area (Å²) in [7, 11) is -2.56. The Morgan fingerprint density at radius 1 is 1.32 bits per heavy atom. The molecule has 0 aromatic heterocycles. The third kappa shape index (κ3) is 1.81. The van der Waals surface area contributed by atoms with Crippen molar-refractivity contribution in [3.8, 4) is 0 Å². The summed E-state index contributed by atoms with van der Waals surface area (Å²) in [6.07, 6.45) is 0. The maximum atomic E-state index is 12.3. The second-order valence-electron chi connectivity index (χ2n) is 4.67. The van der Waals surface area contributed by atoms with E-state index in [1.54, 1.807) is 0 Å². The van der Waals surface area contributed by atoms with Gasteiger partial charge in [-0.15, -0.1) is 0 Å². The molecule has 0 unspecified atom stereocenters. The van der Waals surface area contributed by atoms with Gasteiger partial charge in [0.2, 0.25) is 5.91 Å². The van der Waals surface area contributed by atoms with Gasteiger partial charge in [0.1, 0.15) is 4.75 Å². The van der Waals surface area contributed by atoms with E-state index in [4.69, 9.17) is 0 Å². The van der Waals surface area contributed by atoms with Gasteiger partial charge in [0.25, 0.3) is 0 Å². The Hall–Kier alpha value is -1.89. The van der Waals surface area contributed by atoms with Crippen LogP contribution in [0.4, 0.5) is 5.69 Å². The van der Waals surface area contributed by atoms with Crippen molar-refractivity contribution in [1.29, 1.82) is 0 Å². The van der Waals surface area contributed by atoms with E-state index < -0.39 is 26.5 Å². The Morgan fingerprint density at radius 2 is 1.95 bits per heavy atom. The molecule has 0 radical (unpaired) electrons. The topological polar surface area (TPSA) is 89.5 Å². The minimum absolute atomic E-state index is 0.00440. The Balaban J connectivity index is 2.65. The number of amides is 1. The highest BCUT2D eigenvalue weighted by Crippen LogP contribution is 2.36. The van der Waals surface area contributed by atoms with Crippen LogP contribution in [0, 0.1) is 0 Å². The number of hydrogen-bond acceptors (Lipinski definition) is 5. The first kappa shape index (κ1) is 13.5. The summed E-state index contributed by atoms with van der Waals surface area (Å²) in [5, 5.41) is 2.50. The van der Waals surface area contributed by atoms with Gasteiger partial charge in [-0.05, 0) is 32.0 Å². The molecule has 0 atom stereocenters. The fourth-order valence-corrected chi connectivity index (χ4v) is 3.27. The third-order valence-electron chi connectivity index (χ3n) is 3.16. The largest absolute Gasteiger partial charge is 0.465 e. The minimum Gasteiger partial charge on any atom is -0.465 e. The molecule has 0 bridgehead atoms. The van der Waals surface area contributed by atoms with Gasteiger partial charge in [-0.3, -0.25) is 4.79 Å². The predicted octanol–water partition coefficient (Wildman–Crippen LogP) is 0.978. The molecule has 1 aromatic rings. The molecule has 1 aliphatic heterocycles. The van der Waals surface area contributed by atoms with Crippen LogP contribution in [0.5, 0.6) is 0 Å². The fraction of sp³-hybridized carbons (Fsp3) is 0.333. The zero-order valence-electron chi connectivity index (χ0n) is 10.7. The highest BCUT2D eigenvalue weighted by molar-refractivity contribution is 7.94. The Kier molecular flexibility index (Phi) is 2.89. The number of carbonyl (C=O) groups excluding carboxylic acids is 2. The zero-order chi connectivity index (χ0) is 14.4. The number of carbonyl (C=O) groups is 2. The molecule has 0 saturated heterocycles. The molecule has 0 aliphatic carbocycles. The Bertz CT molecular complexity index is 675. The predicted molar refractivity (Wildman–Crippen MR) is 67.7 cm³/mol. The highest BCUT2D eigenvalue weighted by Gasteiger charge is 2.47. The number of esters is 1. The summed E-state index contributed by atoms with van der Waals surface area (Å²) in [4.78, 5) is 23.2. The normalized spacial score (nSPS) is 19.2. The molecule has 1 N–H and O–H groups in total. The number of methoxy groups -OCH3 is 1. The molecule has 2 rings (SSSR count). The quantitative estimate of drug-likeness (QED) is 0.776. The summed E-state index contributed by atoms with van der Waals surface area (Å²) in [5.41, 5.74) is 0.281. The van der Waals surface area contributed by atoms with Gasteiger partial charge < -0.3 is 10.1 Å². The molecule has 7 heteroatoms. The van der Waals surface area contributed by atoms with E-state index in [1.807, 2.05) is 0 Å². The van der Waals surface area contributed by atoms with Crippen LogP contribution in [0.15, 0.2) is 23.1 Å². The lowest BCUT2D eigenvalue weighted by Crippen LogP contribution is -2.48. The van der Waals surface area contributed by atoms with E-state index in [-0.39, 0.29) is 16.1 Å². The Labute approximate surface area is 110 Å². The Morgan fingerprint density at radius 3 is 2.53 bits per heavy atom. The third-order valence-corrected chi connectivity index (χ3v) is 5.62. The van der Waals surface area contributed by atoms with Crippen LogP contribution in [0.1, 0.15) is 24.2 Å². The number of ether oxygens (including phenoxy) is 1. The second kappa shape index (κ2) is 4.06. The first-order valence-electron chi connectivity index (χ1n) is 5.50. The molecule has 19 heavy (non-hydrogen) atoms. The van der Waals surface area contributed by atoms with Crippen LogP contribution in [0.2, 0.25) is 0 Å². The summed E-state index contributed by atoms with van der Waals surface area (Å²) >= 11 is 0. The average Bonchev–Trinajstić information content (AvgIpc) is 2.35. The van der Waals surface area contributed by atoms with Crippen LogP contribution in [0.3, 0.4) is 0 Å². The van der Waals surface area contributed by atoms with Crippen molar-refractivity contribution < 1.29 is 22.7 Å². The maximum Gasteiger partial charge on any atom is 0.337 e. The molecule has 0 spiro atoms. The number of hydrogen-bond donors (Lipinski definition) is 1. The van der Waals surface area contributed by atoms with E-state index in [0.29, 0.717) is 0 Å². The van der Waals surface area contributed by atoms with Crippen molar-refractivity contribution >= 4 is 27.4 Å². The summed E-state index contributed by atoms with van der Waals surface area (Å²) in [5.74, 6) is -1.22. The lowest BCUT2D eigenvalue weighted by atomic mass is 10.1. The number of anilines is 1. The monoisotopic (exact) mass is 283 g/mol. The van der Waals surface area contributed by atoms with Crippen molar-refractivity contribution in [2.45, 2.75) is 23.5 Å². The van der Waals surface area contributed by atoms with Crippen molar-refractivity contribution in [3.05, 3.63) is 23.8 Å². The van der Waals surface area contributed by atoms with Crippen LogP contribution in [-0.4, -0.2) is 32.2 Å². The maximum absolute atomic E-state index is 12.3. The number of sulfone groups is 1. The standard InChI is InChI=1S/C12H13NO5S/c1-12(2)11(15)13-8-6-7(10(14)18-3)4-5-9(8)19(12,16)17/h4-6H,1-3H3,(H,13,15). The molecule has 1 aliphatic rings. The van der Waals surface area contributed by atoms with Crippen LogP contribution in [-0.2, 0) is 19.4 Å². The van der Waals surface area contributed by atoms with E-state index in [0.717, 1.165) is 0 Å². The molecule has 0 fully saturated rings. The first-order chi connectivity index (χ1) is 8.71. The number of fused-ring (bicyclic) bond motifs is 1. The van der Waals surface area contributed by atoms with Gasteiger partial charge in [-0.1, -0.05) is 0 Å². The number of benzene rings is 1. The van der Waals surface area contributed by atoms with E-state index in [2.05, 4.69) is 10.1 Å². The molecule has 6 nitrogen and oxygen atoms in total. The first-order valence-corrected chi connectivity index (χ1v) is 6.98. The SMILES string of the molecule is COC(=O)c1ccc2c(c1)NC(=O)C(C)(C)S2(=O)=O. The summed E-state index contributed by atoms with van der Waals surface area (Å²) in [6.45, 7) is 2.68. The van der Waals surface area contributed by atoms with Crippen LogP contribution >= 0.6 is 0 Å². The van der Waals surface area contributed by atoms with Crippen LogP contribution < -0.4 is 5.32 Å². The molecule has 1 heterocycles. The van der Waals surface area contributed by atoms with E-state index >= 15 is 0 Å². The molecular weight excluding hydrogens is 270 g/mol. The highest BCUT2D eigenvalue weighted by atomic mass is 32.2. The molecule has 102 valence electrons. The van der Waals surface area contributed by atoms with Gasteiger partial charge in [0.15, 0.2) is 9.84 Å². The number of rotatable bonds is 1. The lowest BCUT2D eigenvalue weighted by Gasteiger charge is -2.30. The summed E-state index contributed by atoms with van der Waals surface area (Å²) in [6, 6.07) is 3.96. The molecule has 0 saturated carbocycles. The van der Waals surface area contributed by atoms with Gasteiger partial charge >= 0.3 is 5.97 Å². The van der Waals surface area contributed by atoms with Gasteiger partial charge in [-0.2, -0.15) is 0 Å². The van der Waals surface area contributed by atoms with Gasteiger partial charge in [0, 0.05) is 0 Å². The van der Waals surface area contributed by atoms with Crippen molar-refractivity contribution in [2.24, 2.45) is 0 Å². The van der Waals surface area contributed by atoms with Gasteiger partial charge in [-0.25, -0.2) is 13.2 Å². The van der Waals surface area contributed by atoms with Crippen LogP contribution in [0.25, 0.3) is 0 Å². The minimum atomic E-state index is -3.78. The second-order valence-corrected chi connectivity index (χ2v) is 7.14. The van der Waals surface area contributed by atoms with Gasteiger partial charge in [0.05, 0.1) is 23.3 Å². The van der Waals surface area contributed by atoms with Crippen molar-refractivity contribution in [3.63, 3.8) is 0 Å². The molecular formula is C12H13NO5S. The summed E-state index contributed by atoms with van der Waals surface area (Å²) < 4.78 is 27.6. The molecule has 1 amide bonds. The average molecular weight is 283 g/mol. The smallest absolute Gasteiger partial charge is 0.337 e.